The summed E-state index contributed by atoms with van der Waals surface area (Å²) >= 11 is 3.38. The average Bonchev–Trinajstić information content (AvgIpc) is 3.05. The van der Waals surface area contributed by atoms with Gasteiger partial charge in [0, 0.05) is 43.6 Å². The lowest BCUT2D eigenvalue weighted by Crippen LogP contribution is -2.33. The molecule has 0 aliphatic heterocycles. The lowest BCUT2D eigenvalue weighted by atomic mass is 10.1. The number of rotatable bonds is 7. The van der Waals surface area contributed by atoms with Crippen LogP contribution in [0.3, 0.4) is 0 Å². The summed E-state index contributed by atoms with van der Waals surface area (Å²) < 4.78 is 6.07. The zero-order chi connectivity index (χ0) is 21.7. The standard InChI is InChI=1S/C23H28BrN3O3/c1-4-21(27(2)11-12-30-3)25-18-10-7-16-13-20(28)22(19(16)14-18)26-23(29)15-5-8-17(24)9-6-15/h5-10,14,20,22,28H,4,11-13H2,1-3H3,(H,26,29). The summed E-state index contributed by atoms with van der Waals surface area (Å²) in [5.74, 6) is 0.753. The number of amides is 1. The Morgan fingerprint density at radius 2 is 2.03 bits per heavy atom. The van der Waals surface area contributed by atoms with Gasteiger partial charge in [-0.25, -0.2) is 4.99 Å². The molecule has 0 radical (unpaired) electrons. The van der Waals surface area contributed by atoms with E-state index in [9.17, 15) is 9.90 Å². The summed E-state index contributed by atoms with van der Waals surface area (Å²) in [5.41, 5.74) is 3.32. The maximum atomic E-state index is 12.7. The average molecular weight is 474 g/mol. The van der Waals surface area contributed by atoms with Gasteiger partial charge < -0.3 is 20.1 Å². The van der Waals surface area contributed by atoms with Crippen molar-refractivity contribution in [2.45, 2.75) is 31.9 Å². The number of hydrogen-bond donors (Lipinski definition) is 2. The molecule has 3 rings (SSSR count). The first-order chi connectivity index (χ1) is 14.4. The minimum absolute atomic E-state index is 0.207. The van der Waals surface area contributed by atoms with Crippen LogP contribution in [0.4, 0.5) is 5.69 Å². The summed E-state index contributed by atoms with van der Waals surface area (Å²) in [7, 11) is 3.69. The third-order valence-corrected chi connectivity index (χ3v) is 5.85. The zero-order valence-electron chi connectivity index (χ0n) is 17.6. The second kappa shape index (κ2) is 10.2. The Labute approximate surface area is 186 Å². The Morgan fingerprint density at radius 1 is 1.30 bits per heavy atom. The number of fused-ring (bicyclic) bond motifs is 1. The van der Waals surface area contributed by atoms with Crippen LogP contribution in [0.5, 0.6) is 0 Å². The molecule has 2 aromatic rings. The smallest absolute Gasteiger partial charge is 0.251 e. The molecule has 2 unspecified atom stereocenters. The molecule has 2 aromatic carbocycles. The third-order valence-electron chi connectivity index (χ3n) is 5.32. The van der Waals surface area contributed by atoms with Gasteiger partial charge in [0.2, 0.25) is 0 Å². The molecule has 1 aliphatic rings. The Hall–Kier alpha value is -2.22. The molecule has 1 aliphatic carbocycles. The van der Waals surface area contributed by atoms with Crippen LogP contribution >= 0.6 is 15.9 Å². The van der Waals surface area contributed by atoms with E-state index < -0.39 is 12.1 Å². The van der Waals surface area contributed by atoms with E-state index >= 15 is 0 Å². The highest BCUT2D eigenvalue weighted by Gasteiger charge is 2.32. The predicted octanol–water partition coefficient (Wildman–Crippen LogP) is 3.86. The number of hydrogen-bond acceptors (Lipinski definition) is 4. The Morgan fingerprint density at radius 3 is 2.70 bits per heavy atom. The quantitative estimate of drug-likeness (QED) is 0.472. The Bertz CT molecular complexity index is 914. The van der Waals surface area contributed by atoms with Gasteiger partial charge >= 0.3 is 0 Å². The number of aliphatic hydroxyl groups excluding tert-OH is 1. The number of likely N-dealkylation sites (N-methyl/N-ethyl adjacent to an activating group) is 1. The van der Waals surface area contributed by atoms with E-state index in [1.807, 2.05) is 37.4 Å². The van der Waals surface area contributed by atoms with Crippen LogP contribution < -0.4 is 5.32 Å². The molecule has 2 N–H and O–H groups in total. The van der Waals surface area contributed by atoms with E-state index in [-0.39, 0.29) is 5.91 Å². The Balaban J connectivity index is 1.81. The molecule has 0 saturated carbocycles. The highest BCUT2D eigenvalue weighted by molar-refractivity contribution is 9.10. The van der Waals surface area contributed by atoms with Crippen molar-refractivity contribution in [3.05, 3.63) is 63.6 Å². The summed E-state index contributed by atoms with van der Waals surface area (Å²) in [6, 6.07) is 12.6. The molecular formula is C23H28BrN3O3. The number of methoxy groups -OCH3 is 1. The number of ether oxygens (including phenoxy) is 1. The lowest BCUT2D eigenvalue weighted by molar-refractivity contribution is 0.0858. The monoisotopic (exact) mass is 473 g/mol. The van der Waals surface area contributed by atoms with Crippen molar-refractivity contribution < 1.29 is 14.6 Å². The minimum atomic E-state index is -0.659. The van der Waals surface area contributed by atoms with Gasteiger partial charge in [0.25, 0.3) is 5.91 Å². The number of benzene rings is 2. The number of nitrogens with zero attached hydrogens (tertiary/aromatic N) is 2. The number of aliphatic imine (C=N–C) groups is 1. The molecule has 0 aromatic heterocycles. The van der Waals surface area contributed by atoms with Gasteiger partial charge in [-0.3, -0.25) is 4.79 Å². The lowest BCUT2D eigenvalue weighted by Gasteiger charge is -2.21. The number of amidine groups is 1. The fourth-order valence-corrected chi connectivity index (χ4v) is 3.88. The van der Waals surface area contributed by atoms with Gasteiger partial charge in [-0.1, -0.05) is 28.9 Å². The van der Waals surface area contributed by atoms with Crippen LogP contribution in [-0.4, -0.2) is 55.2 Å². The first kappa shape index (κ1) is 22.5. The van der Waals surface area contributed by atoms with Crippen molar-refractivity contribution in [3.63, 3.8) is 0 Å². The fraction of sp³-hybridized carbons (Fsp3) is 0.391. The molecule has 1 amide bonds. The van der Waals surface area contributed by atoms with Crippen molar-refractivity contribution in [1.82, 2.24) is 10.2 Å². The molecule has 0 heterocycles. The first-order valence-corrected chi connectivity index (χ1v) is 10.9. The largest absolute Gasteiger partial charge is 0.390 e. The van der Waals surface area contributed by atoms with Crippen LogP contribution in [0.1, 0.15) is 40.9 Å². The van der Waals surface area contributed by atoms with Gasteiger partial charge in [-0.2, -0.15) is 0 Å². The van der Waals surface area contributed by atoms with Crippen molar-refractivity contribution in [3.8, 4) is 0 Å². The molecule has 7 heteroatoms. The third kappa shape index (κ3) is 5.28. The van der Waals surface area contributed by atoms with Crippen LogP contribution in [0.2, 0.25) is 0 Å². The maximum absolute atomic E-state index is 12.7. The molecule has 30 heavy (non-hydrogen) atoms. The van der Waals surface area contributed by atoms with E-state index in [1.165, 1.54) is 0 Å². The maximum Gasteiger partial charge on any atom is 0.251 e. The molecule has 0 spiro atoms. The van der Waals surface area contributed by atoms with Gasteiger partial charge in [-0.15, -0.1) is 0 Å². The van der Waals surface area contributed by atoms with E-state index in [1.54, 1.807) is 19.2 Å². The molecule has 160 valence electrons. The molecule has 2 atom stereocenters. The summed E-state index contributed by atoms with van der Waals surface area (Å²) in [4.78, 5) is 19.6. The zero-order valence-corrected chi connectivity index (χ0v) is 19.1. The van der Waals surface area contributed by atoms with Crippen LogP contribution in [0.25, 0.3) is 0 Å². The van der Waals surface area contributed by atoms with Crippen molar-refractivity contribution in [1.29, 1.82) is 0 Å². The van der Waals surface area contributed by atoms with E-state index in [0.29, 0.717) is 18.6 Å². The van der Waals surface area contributed by atoms with Crippen molar-refractivity contribution in [2.75, 3.05) is 27.3 Å². The minimum Gasteiger partial charge on any atom is -0.390 e. The number of carbonyl (C=O) groups excluding carboxylic acids is 1. The van der Waals surface area contributed by atoms with Crippen LogP contribution in [0.15, 0.2) is 51.9 Å². The molecule has 0 bridgehead atoms. The second-order valence-electron chi connectivity index (χ2n) is 7.41. The number of nitrogens with one attached hydrogen (secondary N) is 1. The summed E-state index contributed by atoms with van der Waals surface area (Å²) in [6.45, 7) is 3.47. The Kier molecular flexibility index (Phi) is 7.64. The number of aliphatic hydroxyl groups is 1. The van der Waals surface area contributed by atoms with Gasteiger partial charge in [-0.05, 0) is 47.5 Å². The molecule has 0 fully saturated rings. The van der Waals surface area contributed by atoms with E-state index in [4.69, 9.17) is 9.73 Å². The van der Waals surface area contributed by atoms with Crippen molar-refractivity contribution in [2.24, 2.45) is 4.99 Å². The van der Waals surface area contributed by atoms with Gasteiger partial charge in [0.05, 0.1) is 24.4 Å². The highest BCUT2D eigenvalue weighted by atomic mass is 79.9. The normalized spacial score (nSPS) is 18.2. The fourth-order valence-electron chi connectivity index (χ4n) is 3.62. The highest BCUT2D eigenvalue weighted by Crippen LogP contribution is 2.34. The van der Waals surface area contributed by atoms with E-state index in [2.05, 4.69) is 33.1 Å². The topological polar surface area (TPSA) is 74.2 Å². The van der Waals surface area contributed by atoms with Gasteiger partial charge in [0.15, 0.2) is 0 Å². The van der Waals surface area contributed by atoms with Crippen LogP contribution in [0, 0.1) is 0 Å². The van der Waals surface area contributed by atoms with E-state index in [0.717, 1.165) is 40.1 Å². The van der Waals surface area contributed by atoms with Crippen LogP contribution in [-0.2, 0) is 11.2 Å². The molecule has 0 saturated heterocycles. The SMILES string of the molecule is CCC(=Nc1ccc2c(c1)C(NC(=O)c1ccc(Br)cc1)C(O)C2)N(C)CCOC. The predicted molar refractivity (Wildman–Crippen MR) is 122 cm³/mol. The summed E-state index contributed by atoms with van der Waals surface area (Å²) in [6.07, 6.45) is 0.650. The first-order valence-electron chi connectivity index (χ1n) is 10.1. The molecule has 6 nitrogen and oxygen atoms in total. The second-order valence-corrected chi connectivity index (χ2v) is 8.32. The van der Waals surface area contributed by atoms with Gasteiger partial charge in [0.1, 0.15) is 5.84 Å². The number of carbonyl (C=O) groups is 1. The van der Waals surface area contributed by atoms with Crippen molar-refractivity contribution >= 4 is 33.4 Å². The summed E-state index contributed by atoms with van der Waals surface area (Å²) in [5, 5.41) is 13.6. The molecular weight excluding hydrogens is 446 g/mol. The number of halogens is 1.